The van der Waals surface area contributed by atoms with Gasteiger partial charge in [0, 0.05) is 6.04 Å². The fourth-order valence-electron chi connectivity index (χ4n) is 1.57. The van der Waals surface area contributed by atoms with Gasteiger partial charge in [-0.05, 0) is 25.7 Å². The highest BCUT2D eigenvalue weighted by Crippen LogP contribution is 2.49. The van der Waals surface area contributed by atoms with Crippen molar-refractivity contribution in [1.82, 2.24) is 5.32 Å². The number of alkyl halides is 3. The second kappa shape index (κ2) is 3.72. The Morgan fingerprint density at radius 2 is 1.79 bits per heavy atom. The van der Waals surface area contributed by atoms with E-state index in [1.54, 1.807) is 0 Å². The maximum absolute atomic E-state index is 12.6. The van der Waals surface area contributed by atoms with Crippen LogP contribution in [-0.4, -0.2) is 17.8 Å². The van der Waals surface area contributed by atoms with Crippen molar-refractivity contribution >= 4 is 0 Å². The molecule has 0 spiro atoms. The number of hydrogen-bond acceptors (Lipinski definition) is 1. The minimum absolute atomic E-state index is 0.0656. The minimum atomic E-state index is -4.09. The number of nitrogens with one attached hydrogen (secondary N) is 1. The van der Waals surface area contributed by atoms with E-state index in [1.807, 2.05) is 20.8 Å². The lowest BCUT2D eigenvalue weighted by atomic mass is 9.99. The zero-order valence-electron chi connectivity index (χ0n) is 8.91. The first-order valence-corrected chi connectivity index (χ1v) is 5.17. The molecular formula is C10H18F3N. The maximum Gasteiger partial charge on any atom is 0.406 e. The van der Waals surface area contributed by atoms with Gasteiger partial charge >= 0.3 is 6.18 Å². The molecular weight excluding hydrogens is 191 g/mol. The fraction of sp³-hybridized carbons (Fsp3) is 1.00. The minimum Gasteiger partial charge on any atom is -0.301 e. The molecule has 84 valence electrons. The topological polar surface area (TPSA) is 12.0 Å². The Hall–Kier alpha value is -0.250. The summed E-state index contributed by atoms with van der Waals surface area (Å²) in [6, 6.07) is -0.0656. The van der Waals surface area contributed by atoms with Crippen molar-refractivity contribution in [2.75, 3.05) is 0 Å². The lowest BCUT2D eigenvalue weighted by Crippen LogP contribution is -2.50. The Kier molecular flexibility index (Phi) is 3.14. The summed E-state index contributed by atoms with van der Waals surface area (Å²) in [6.45, 7) is 5.81. The van der Waals surface area contributed by atoms with Gasteiger partial charge in [0.05, 0.1) is 0 Å². The van der Waals surface area contributed by atoms with Crippen molar-refractivity contribution in [1.29, 1.82) is 0 Å². The van der Waals surface area contributed by atoms with Gasteiger partial charge in [0.25, 0.3) is 0 Å². The van der Waals surface area contributed by atoms with Crippen molar-refractivity contribution in [3.05, 3.63) is 0 Å². The lowest BCUT2D eigenvalue weighted by Gasteiger charge is -2.28. The molecule has 1 fully saturated rings. The summed E-state index contributed by atoms with van der Waals surface area (Å²) in [6.07, 6.45) is -2.72. The van der Waals surface area contributed by atoms with E-state index in [4.69, 9.17) is 0 Å². The summed E-state index contributed by atoms with van der Waals surface area (Å²) in [4.78, 5) is 0. The predicted octanol–water partition coefficient (Wildman–Crippen LogP) is 3.11. The van der Waals surface area contributed by atoms with Crippen molar-refractivity contribution in [3.63, 3.8) is 0 Å². The van der Waals surface area contributed by atoms with Gasteiger partial charge in [-0.2, -0.15) is 13.2 Å². The largest absolute Gasteiger partial charge is 0.406 e. The molecule has 0 aromatic rings. The van der Waals surface area contributed by atoms with Crippen LogP contribution in [-0.2, 0) is 0 Å². The first kappa shape index (κ1) is 11.8. The number of halogens is 3. The van der Waals surface area contributed by atoms with Crippen molar-refractivity contribution in [2.24, 2.45) is 5.92 Å². The average Bonchev–Trinajstić information content (AvgIpc) is 2.82. The Morgan fingerprint density at radius 1 is 1.29 bits per heavy atom. The quantitative estimate of drug-likeness (QED) is 0.750. The third-order valence-corrected chi connectivity index (χ3v) is 3.29. The fourth-order valence-corrected chi connectivity index (χ4v) is 1.57. The van der Waals surface area contributed by atoms with E-state index in [9.17, 15) is 13.2 Å². The van der Waals surface area contributed by atoms with Crippen LogP contribution in [0.25, 0.3) is 0 Å². The second-order valence-electron chi connectivity index (χ2n) is 4.40. The molecule has 2 atom stereocenters. The molecule has 1 nitrogen and oxygen atoms in total. The van der Waals surface area contributed by atoms with E-state index in [2.05, 4.69) is 5.32 Å². The van der Waals surface area contributed by atoms with Crippen LogP contribution in [0.15, 0.2) is 0 Å². The van der Waals surface area contributed by atoms with Crippen LogP contribution in [0.5, 0.6) is 0 Å². The van der Waals surface area contributed by atoms with Crippen LogP contribution in [0.2, 0.25) is 0 Å². The molecule has 0 aromatic carbocycles. The van der Waals surface area contributed by atoms with E-state index in [-0.39, 0.29) is 24.8 Å². The highest BCUT2D eigenvalue weighted by atomic mass is 19.4. The monoisotopic (exact) mass is 209 g/mol. The Bertz CT molecular complexity index is 196. The number of hydrogen-bond donors (Lipinski definition) is 1. The summed E-state index contributed by atoms with van der Waals surface area (Å²) in [5.41, 5.74) is -1.56. The highest BCUT2D eigenvalue weighted by molar-refractivity contribution is 5.09. The predicted molar refractivity (Wildman–Crippen MR) is 50.1 cm³/mol. The zero-order chi connectivity index (χ0) is 11.0. The first-order valence-electron chi connectivity index (χ1n) is 5.17. The van der Waals surface area contributed by atoms with E-state index in [0.717, 1.165) is 6.42 Å². The molecule has 1 saturated carbocycles. The van der Waals surface area contributed by atoms with Crippen LogP contribution in [0, 0.1) is 5.92 Å². The smallest absolute Gasteiger partial charge is 0.301 e. The van der Waals surface area contributed by atoms with Gasteiger partial charge in [0.2, 0.25) is 0 Å². The molecule has 4 heteroatoms. The third-order valence-electron chi connectivity index (χ3n) is 3.29. The molecule has 1 aliphatic carbocycles. The normalized spacial score (nSPS) is 24.4. The molecule has 0 bridgehead atoms. The summed E-state index contributed by atoms with van der Waals surface area (Å²) >= 11 is 0. The van der Waals surface area contributed by atoms with E-state index in [0.29, 0.717) is 0 Å². The van der Waals surface area contributed by atoms with E-state index < -0.39 is 11.7 Å². The van der Waals surface area contributed by atoms with Crippen molar-refractivity contribution in [2.45, 2.75) is 57.8 Å². The molecule has 0 radical (unpaired) electrons. The summed E-state index contributed by atoms with van der Waals surface area (Å²) in [5.74, 6) is 0.287. The van der Waals surface area contributed by atoms with Crippen molar-refractivity contribution < 1.29 is 13.2 Å². The molecule has 0 aliphatic heterocycles. The van der Waals surface area contributed by atoms with Gasteiger partial charge in [-0.1, -0.05) is 20.3 Å². The molecule has 0 amide bonds. The summed E-state index contributed by atoms with van der Waals surface area (Å²) < 4.78 is 37.7. The molecule has 0 heterocycles. The van der Waals surface area contributed by atoms with Gasteiger partial charge in [-0.15, -0.1) is 0 Å². The number of rotatable bonds is 4. The van der Waals surface area contributed by atoms with E-state index >= 15 is 0 Å². The van der Waals surface area contributed by atoms with Gasteiger partial charge in [0.15, 0.2) is 0 Å². The van der Waals surface area contributed by atoms with Crippen LogP contribution in [0.1, 0.15) is 40.0 Å². The van der Waals surface area contributed by atoms with Crippen molar-refractivity contribution in [3.8, 4) is 0 Å². The zero-order valence-corrected chi connectivity index (χ0v) is 8.91. The van der Waals surface area contributed by atoms with Gasteiger partial charge in [0.1, 0.15) is 5.54 Å². The molecule has 14 heavy (non-hydrogen) atoms. The lowest BCUT2D eigenvalue weighted by molar-refractivity contribution is -0.168. The maximum atomic E-state index is 12.6. The molecule has 2 unspecified atom stereocenters. The average molecular weight is 209 g/mol. The Morgan fingerprint density at radius 3 is 2.07 bits per heavy atom. The summed E-state index contributed by atoms with van der Waals surface area (Å²) in [7, 11) is 0. The van der Waals surface area contributed by atoms with Gasteiger partial charge in [-0.25, -0.2) is 0 Å². The van der Waals surface area contributed by atoms with Crippen LogP contribution < -0.4 is 5.32 Å². The molecule has 0 aromatic heterocycles. The Labute approximate surface area is 83.1 Å². The standard InChI is InChI=1S/C10H18F3N/c1-4-7(2)8(3)14-9(5-6-9)10(11,12)13/h7-8,14H,4-6H2,1-3H3. The second-order valence-corrected chi connectivity index (χ2v) is 4.40. The highest BCUT2D eigenvalue weighted by Gasteiger charge is 2.63. The SMILES string of the molecule is CCC(C)C(C)NC1(C(F)(F)F)CC1. The van der Waals surface area contributed by atoms with Gasteiger partial charge < -0.3 is 5.32 Å². The summed E-state index contributed by atoms with van der Waals surface area (Å²) in [5, 5.41) is 2.73. The molecule has 1 rings (SSSR count). The van der Waals surface area contributed by atoms with E-state index in [1.165, 1.54) is 0 Å². The molecule has 1 aliphatic rings. The molecule has 0 saturated heterocycles. The molecule has 1 N–H and O–H groups in total. The Balaban J connectivity index is 2.52. The van der Waals surface area contributed by atoms with Crippen LogP contribution >= 0.6 is 0 Å². The third kappa shape index (κ3) is 2.22. The first-order chi connectivity index (χ1) is 6.32. The van der Waals surface area contributed by atoms with Crippen LogP contribution in [0.4, 0.5) is 13.2 Å². The van der Waals surface area contributed by atoms with Gasteiger partial charge in [-0.3, -0.25) is 0 Å². The van der Waals surface area contributed by atoms with Crippen LogP contribution in [0.3, 0.4) is 0 Å².